The minimum atomic E-state index is -0.595. The maximum atomic E-state index is 11.5. The Morgan fingerprint density at radius 1 is 1.37 bits per heavy atom. The third kappa shape index (κ3) is 6.92. The van der Waals surface area contributed by atoms with Crippen molar-refractivity contribution in [1.82, 2.24) is 5.32 Å². The molecule has 1 saturated carbocycles. The van der Waals surface area contributed by atoms with Gasteiger partial charge >= 0.3 is 0 Å². The monoisotopic (exact) mass is 270 g/mol. The van der Waals surface area contributed by atoms with Gasteiger partial charge in [0.05, 0.1) is 5.54 Å². The maximum absolute atomic E-state index is 11.5. The minimum absolute atomic E-state index is 0.257. The Balaban J connectivity index is 2.08. The van der Waals surface area contributed by atoms with Crippen molar-refractivity contribution in [2.45, 2.75) is 70.9 Å². The normalized spacial score (nSPS) is 18.5. The second-order valence-corrected chi connectivity index (χ2v) is 6.30. The van der Waals surface area contributed by atoms with Crippen LogP contribution in [0.15, 0.2) is 0 Å². The zero-order chi connectivity index (χ0) is 14.3. The van der Waals surface area contributed by atoms with Crippen LogP contribution in [-0.4, -0.2) is 30.7 Å². The van der Waals surface area contributed by atoms with E-state index in [0.717, 1.165) is 38.4 Å². The fraction of sp³-hybridized carbons (Fsp3) is 0.933. The molecule has 0 aliphatic heterocycles. The van der Waals surface area contributed by atoms with Crippen LogP contribution in [0.4, 0.5) is 0 Å². The third-order valence-electron chi connectivity index (χ3n) is 3.73. The number of carbonyl (C=O) groups excluding carboxylic acids is 1. The van der Waals surface area contributed by atoms with E-state index in [-0.39, 0.29) is 11.9 Å². The molecular formula is C15H30N2O2. The summed E-state index contributed by atoms with van der Waals surface area (Å²) in [6.45, 7) is 7.64. The molecule has 0 spiro atoms. The molecule has 0 saturated heterocycles. The van der Waals surface area contributed by atoms with Crippen LogP contribution in [0, 0.1) is 5.92 Å². The molecule has 0 bridgehead atoms. The third-order valence-corrected chi connectivity index (χ3v) is 3.73. The summed E-state index contributed by atoms with van der Waals surface area (Å²) < 4.78 is 5.60. The number of unbranched alkanes of at least 4 members (excludes halogenated alkanes) is 1. The topological polar surface area (TPSA) is 64.3 Å². The van der Waals surface area contributed by atoms with Crippen LogP contribution in [0.3, 0.4) is 0 Å². The van der Waals surface area contributed by atoms with Gasteiger partial charge in [0.25, 0.3) is 0 Å². The highest BCUT2D eigenvalue weighted by atomic mass is 16.5. The highest BCUT2D eigenvalue weighted by Crippen LogP contribution is 2.32. The van der Waals surface area contributed by atoms with Crippen LogP contribution in [0.1, 0.15) is 59.3 Å². The molecule has 1 amide bonds. The van der Waals surface area contributed by atoms with Gasteiger partial charge in [-0.15, -0.1) is 0 Å². The zero-order valence-corrected chi connectivity index (χ0v) is 12.7. The van der Waals surface area contributed by atoms with Gasteiger partial charge in [-0.25, -0.2) is 0 Å². The summed E-state index contributed by atoms with van der Waals surface area (Å²) >= 11 is 0. The summed E-state index contributed by atoms with van der Waals surface area (Å²) in [6.07, 6.45) is 6.72. The molecule has 0 heterocycles. The molecule has 1 atom stereocenters. The smallest absolute Gasteiger partial charge is 0.237 e. The molecule has 3 N–H and O–H groups in total. The van der Waals surface area contributed by atoms with E-state index >= 15 is 0 Å². The Morgan fingerprint density at radius 3 is 2.58 bits per heavy atom. The van der Waals surface area contributed by atoms with Gasteiger partial charge in [-0.2, -0.15) is 0 Å². The lowest BCUT2D eigenvalue weighted by molar-refractivity contribution is -0.124. The second-order valence-electron chi connectivity index (χ2n) is 6.30. The largest absolute Gasteiger partial charge is 0.381 e. The van der Waals surface area contributed by atoms with Crippen molar-refractivity contribution in [1.29, 1.82) is 0 Å². The summed E-state index contributed by atoms with van der Waals surface area (Å²) in [4.78, 5) is 11.5. The molecule has 1 fully saturated rings. The molecule has 0 radical (unpaired) electrons. The number of nitrogens with two attached hydrogens (primary N) is 1. The molecule has 0 aromatic carbocycles. The van der Waals surface area contributed by atoms with Gasteiger partial charge < -0.3 is 15.8 Å². The van der Waals surface area contributed by atoms with E-state index in [1.165, 1.54) is 19.3 Å². The molecular weight excluding hydrogens is 240 g/mol. The lowest BCUT2D eigenvalue weighted by Crippen LogP contribution is -2.55. The van der Waals surface area contributed by atoms with Gasteiger partial charge in [0.15, 0.2) is 0 Å². The molecule has 1 unspecified atom stereocenters. The Morgan fingerprint density at radius 2 is 2.05 bits per heavy atom. The Hall–Kier alpha value is -0.610. The lowest BCUT2D eigenvalue weighted by Gasteiger charge is -2.29. The van der Waals surface area contributed by atoms with Crippen molar-refractivity contribution < 1.29 is 9.53 Å². The van der Waals surface area contributed by atoms with Gasteiger partial charge in [0.1, 0.15) is 0 Å². The zero-order valence-electron chi connectivity index (χ0n) is 12.7. The number of hydrogen-bond donors (Lipinski definition) is 2. The van der Waals surface area contributed by atoms with E-state index in [9.17, 15) is 4.79 Å². The lowest BCUT2D eigenvalue weighted by atomic mass is 9.93. The maximum Gasteiger partial charge on any atom is 0.237 e. The number of amides is 1. The van der Waals surface area contributed by atoms with Crippen LogP contribution in [0.5, 0.6) is 0 Å². The van der Waals surface area contributed by atoms with Crippen molar-refractivity contribution in [2.24, 2.45) is 11.7 Å². The first kappa shape index (κ1) is 16.4. The molecule has 0 aromatic rings. The van der Waals surface area contributed by atoms with Crippen LogP contribution in [0.25, 0.3) is 0 Å². The predicted octanol–water partition coefficient (Wildman–Crippen LogP) is 2.22. The first-order valence-corrected chi connectivity index (χ1v) is 7.59. The average Bonchev–Trinajstić information content (AvgIpc) is 3.10. The molecule has 1 aliphatic rings. The first-order chi connectivity index (χ1) is 8.94. The molecule has 0 aromatic heterocycles. The molecule has 19 heavy (non-hydrogen) atoms. The summed E-state index contributed by atoms with van der Waals surface area (Å²) in [5.74, 6) is 0.671. The number of rotatable bonds is 11. The number of primary amides is 1. The number of carbonyl (C=O) groups is 1. The van der Waals surface area contributed by atoms with E-state index in [2.05, 4.69) is 5.32 Å². The van der Waals surface area contributed by atoms with E-state index < -0.39 is 5.54 Å². The van der Waals surface area contributed by atoms with Crippen molar-refractivity contribution in [2.75, 3.05) is 13.2 Å². The van der Waals surface area contributed by atoms with Gasteiger partial charge in [0.2, 0.25) is 5.91 Å². The average molecular weight is 270 g/mol. The van der Waals surface area contributed by atoms with Crippen LogP contribution in [0.2, 0.25) is 0 Å². The van der Waals surface area contributed by atoms with E-state index in [1.54, 1.807) is 0 Å². The highest BCUT2D eigenvalue weighted by Gasteiger charge is 2.30. The quantitative estimate of drug-likeness (QED) is 0.566. The van der Waals surface area contributed by atoms with E-state index in [4.69, 9.17) is 10.5 Å². The first-order valence-electron chi connectivity index (χ1n) is 7.59. The van der Waals surface area contributed by atoms with Crippen molar-refractivity contribution in [3.05, 3.63) is 0 Å². The summed E-state index contributed by atoms with van der Waals surface area (Å²) in [6, 6.07) is 0.257. The number of nitrogens with one attached hydrogen (secondary N) is 1. The predicted molar refractivity (Wildman–Crippen MR) is 77.9 cm³/mol. The standard InChI is InChI=1S/C15H30N2O2/c1-12(2)17-15(3,14(16)18)9-4-5-10-19-11-8-13-6-7-13/h12-13,17H,4-11H2,1-3H3,(H2,16,18). The second kappa shape index (κ2) is 7.85. The fourth-order valence-electron chi connectivity index (χ4n) is 2.34. The summed E-state index contributed by atoms with van der Waals surface area (Å²) in [5.41, 5.74) is 4.89. The Labute approximate surface area is 117 Å². The summed E-state index contributed by atoms with van der Waals surface area (Å²) in [5, 5.41) is 3.27. The van der Waals surface area contributed by atoms with E-state index in [0.29, 0.717) is 0 Å². The SMILES string of the molecule is CC(C)NC(C)(CCCCOCCC1CC1)C(N)=O. The molecule has 1 rings (SSSR count). The molecule has 4 nitrogen and oxygen atoms in total. The molecule has 112 valence electrons. The van der Waals surface area contributed by atoms with Gasteiger partial charge in [0, 0.05) is 19.3 Å². The van der Waals surface area contributed by atoms with Crippen molar-refractivity contribution in [3.8, 4) is 0 Å². The molecule has 4 heteroatoms. The van der Waals surface area contributed by atoms with Crippen LogP contribution in [-0.2, 0) is 9.53 Å². The minimum Gasteiger partial charge on any atom is -0.381 e. The van der Waals surface area contributed by atoms with Gasteiger partial charge in [-0.1, -0.05) is 12.8 Å². The van der Waals surface area contributed by atoms with Crippen molar-refractivity contribution in [3.63, 3.8) is 0 Å². The van der Waals surface area contributed by atoms with Crippen LogP contribution < -0.4 is 11.1 Å². The van der Waals surface area contributed by atoms with Crippen molar-refractivity contribution >= 4 is 5.91 Å². The van der Waals surface area contributed by atoms with Crippen LogP contribution >= 0.6 is 0 Å². The van der Waals surface area contributed by atoms with E-state index in [1.807, 2.05) is 20.8 Å². The van der Waals surface area contributed by atoms with Gasteiger partial charge in [-0.05, 0) is 52.4 Å². The summed E-state index contributed by atoms with van der Waals surface area (Å²) in [7, 11) is 0. The number of ether oxygens (including phenoxy) is 1. The van der Waals surface area contributed by atoms with Gasteiger partial charge in [-0.3, -0.25) is 4.79 Å². The molecule has 1 aliphatic carbocycles. The number of hydrogen-bond acceptors (Lipinski definition) is 3. The Kier molecular flexibility index (Phi) is 6.80. The highest BCUT2D eigenvalue weighted by molar-refractivity contribution is 5.84. The fourth-order valence-corrected chi connectivity index (χ4v) is 2.34. The Bertz CT molecular complexity index is 277.